The van der Waals surface area contributed by atoms with Crippen molar-refractivity contribution in [2.24, 2.45) is 5.92 Å². The second-order valence-corrected chi connectivity index (χ2v) is 8.71. The molecule has 2 aliphatic carbocycles. The van der Waals surface area contributed by atoms with Gasteiger partial charge in [0.05, 0.1) is 11.0 Å². The monoisotopic (exact) mass is 369 g/mol. The van der Waals surface area contributed by atoms with E-state index in [-0.39, 0.29) is 17.6 Å². The molecule has 2 saturated carbocycles. The zero-order valence-corrected chi connectivity index (χ0v) is 16.8. The van der Waals surface area contributed by atoms with E-state index < -0.39 is 0 Å². The Morgan fingerprint density at radius 1 is 1.11 bits per heavy atom. The maximum Gasteiger partial charge on any atom is 0.329 e. The fraction of sp³-hybridized carbons (Fsp3) is 0.636. The van der Waals surface area contributed by atoms with Crippen LogP contribution < -0.4 is 5.69 Å². The molecule has 4 rings (SSSR count). The Hall–Kier alpha value is -2.04. The van der Waals surface area contributed by atoms with Crippen molar-refractivity contribution < 1.29 is 4.79 Å². The van der Waals surface area contributed by atoms with Crippen LogP contribution in [0.1, 0.15) is 75.2 Å². The van der Waals surface area contributed by atoms with E-state index in [4.69, 9.17) is 0 Å². The number of carbonyl (C=O) groups excluding carboxylic acids is 1. The van der Waals surface area contributed by atoms with Crippen molar-refractivity contribution in [3.8, 4) is 0 Å². The third-order valence-corrected chi connectivity index (χ3v) is 6.38. The van der Waals surface area contributed by atoms with Crippen LogP contribution in [-0.2, 0) is 6.54 Å². The normalized spacial score (nSPS) is 18.4. The van der Waals surface area contributed by atoms with Crippen LogP contribution in [0, 0.1) is 5.92 Å². The molecule has 0 radical (unpaired) electrons. The number of fused-ring (bicyclic) bond motifs is 1. The SMILES string of the molecule is CC(C)N(C)C(=O)c1ccc2c(c1)n(CC1CC1)c(=O)n2C1CCCCC1. The number of aromatic nitrogens is 2. The Bertz CT molecular complexity index is 898. The maximum atomic E-state index is 13.3. The van der Waals surface area contributed by atoms with Crippen LogP contribution in [0.25, 0.3) is 11.0 Å². The standard InChI is InChI=1S/C22H31N3O2/c1-15(2)23(3)21(26)17-11-12-19-20(13-17)24(14-16-9-10-16)22(27)25(19)18-7-5-4-6-8-18/h11-13,15-16,18H,4-10,14H2,1-3H3. The Morgan fingerprint density at radius 3 is 2.44 bits per heavy atom. The van der Waals surface area contributed by atoms with Gasteiger partial charge in [0.25, 0.3) is 5.91 Å². The zero-order chi connectivity index (χ0) is 19.1. The lowest BCUT2D eigenvalue weighted by atomic mass is 9.95. The predicted octanol–water partition coefficient (Wildman–Crippen LogP) is 4.20. The number of rotatable bonds is 5. The molecule has 0 saturated heterocycles. The molecule has 1 amide bonds. The van der Waals surface area contributed by atoms with E-state index in [1.54, 1.807) is 4.90 Å². The number of hydrogen-bond acceptors (Lipinski definition) is 2. The van der Waals surface area contributed by atoms with Crippen molar-refractivity contribution >= 4 is 16.9 Å². The van der Waals surface area contributed by atoms with Gasteiger partial charge in [0.15, 0.2) is 0 Å². The molecule has 0 spiro atoms. The topological polar surface area (TPSA) is 47.2 Å². The van der Waals surface area contributed by atoms with Crippen molar-refractivity contribution in [2.75, 3.05) is 7.05 Å². The average molecular weight is 370 g/mol. The molecule has 1 heterocycles. The molecule has 0 atom stereocenters. The van der Waals surface area contributed by atoms with E-state index in [0.717, 1.165) is 30.4 Å². The fourth-order valence-electron chi connectivity index (χ4n) is 4.28. The van der Waals surface area contributed by atoms with E-state index >= 15 is 0 Å². The van der Waals surface area contributed by atoms with Gasteiger partial charge in [-0.1, -0.05) is 19.3 Å². The van der Waals surface area contributed by atoms with Crippen molar-refractivity contribution in [1.29, 1.82) is 0 Å². The number of nitrogens with zero attached hydrogens (tertiary/aromatic N) is 3. The van der Waals surface area contributed by atoms with Crippen LogP contribution >= 0.6 is 0 Å². The maximum absolute atomic E-state index is 13.3. The van der Waals surface area contributed by atoms with Crippen LogP contribution in [-0.4, -0.2) is 33.0 Å². The lowest BCUT2D eigenvalue weighted by Crippen LogP contribution is -2.32. The molecule has 0 bridgehead atoms. The van der Waals surface area contributed by atoms with Crippen molar-refractivity contribution in [2.45, 2.75) is 77.4 Å². The summed E-state index contributed by atoms with van der Waals surface area (Å²) in [7, 11) is 1.83. The van der Waals surface area contributed by atoms with E-state index in [9.17, 15) is 9.59 Å². The summed E-state index contributed by atoms with van der Waals surface area (Å²) in [5.74, 6) is 0.633. The molecule has 0 unspecified atom stereocenters. The molecule has 2 fully saturated rings. The van der Waals surface area contributed by atoms with Gasteiger partial charge in [-0.2, -0.15) is 0 Å². The van der Waals surface area contributed by atoms with E-state index in [1.165, 1.54) is 32.1 Å². The van der Waals surface area contributed by atoms with E-state index in [0.29, 0.717) is 17.5 Å². The van der Waals surface area contributed by atoms with Crippen molar-refractivity contribution in [3.05, 3.63) is 34.2 Å². The predicted molar refractivity (Wildman–Crippen MR) is 108 cm³/mol. The van der Waals surface area contributed by atoms with Crippen LogP contribution in [0.4, 0.5) is 0 Å². The summed E-state index contributed by atoms with van der Waals surface area (Å²) in [6.45, 7) is 4.81. The zero-order valence-electron chi connectivity index (χ0n) is 16.8. The molecule has 2 aromatic rings. The largest absolute Gasteiger partial charge is 0.339 e. The number of carbonyl (C=O) groups is 1. The van der Waals surface area contributed by atoms with Gasteiger partial charge in [-0.25, -0.2) is 4.79 Å². The van der Waals surface area contributed by atoms with Crippen molar-refractivity contribution in [1.82, 2.24) is 14.0 Å². The average Bonchev–Trinajstić information content (AvgIpc) is 3.45. The highest BCUT2D eigenvalue weighted by atomic mass is 16.2. The highest BCUT2D eigenvalue weighted by Crippen LogP contribution is 2.34. The molecule has 27 heavy (non-hydrogen) atoms. The minimum absolute atomic E-state index is 0.0164. The van der Waals surface area contributed by atoms with Crippen LogP contribution in [0.2, 0.25) is 0 Å². The Balaban J connectivity index is 1.81. The second-order valence-electron chi connectivity index (χ2n) is 8.71. The first-order valence-corrected chi connectivity index (χ1v) is 10.5. The smallest absolute Gasteiger partial charge is 0.329 e. The molecular formula is C22H31N3O2. The van der Waals surface area contributed by atoms with Gasteiger partial charge < -0.3 is 4.90 Å². The number of benzene rings is 1. The molecule has 5 heteroatoms. The highest BCUT2D eigenvalue weighted by molar-refractivity contribution is 5.97. The molecule has 146 valence electrons. The van der Waals surface area contributed by atoms with Gasteiger partial charge in [-0.3, -0.25) is 13.9 Å². The van der Waals surface area contributed by atoms with Crippen LogP contribution in [0.5, 0.6) is 0 Å². The van der Waals surface area contributed by atoms with Gasteiger partial charge in [0.1, 0.15) is 0 Å². The summed E-state index contributed by atoms with van der Waals surface area (Å²) in [5.41, 5.74) is 2.71. The minimum atomic E-state index is 0.0164. The molecule has 2 aliphatic rings. The lowest BCUT2D eigenvalue weighted by Gasteiger charge is -2.23. The van der Waals surface area contributed by atoms with Gasteiger partial charge in [0, 0.05) is 31.2 Å². The van der Waals surface area contributed by atoms with Crippen LogP contribution in [0.3, 0.4) is 0 Å². The quantitative estimate of drug-likeness (QED) is 0.793. The third-order valence-electron chi connectivity index (χ3n) is 6.38. The van der Waals surface area contributed by atoms with Gasteiger partial charge in [-0.15, -0.1) is 0 Å². The van der Waals surface area contributed by atoms with Gasteiger partial charge in [0.2, 0.25) is 0 Å². The van der Waals surface area contributed by atoms with Gasteiger partial charge >= 0.3 is 5.69 Å². The number of amides is 1. The lowest BCUT2D eigenvalue weighted by molar-refractivity contribution is 0.0755. The molecule has 1 aromatic carbocycles. The summed E-state index contributed by atoms with van der Waals surface area (Å²) in [4.78, 5) is 27.9. The Morgan fingerprint density at radius 2 is 1.81 bits per heavy atom. The van der Waals surface area contributed by atoms with Crippen LogP contribution in [0.15, 0.2) is 23.0 Å². The number of hydrogen-bond donors (Lipinski definition) is 0. The first-order chi connectivity index (χ1) is 13.0. The number of imidazole rings is 1. The fourth-order valence-corrected chi connectivity index (χ4v) is 4.28. The van der Waals surface area contributed by atoms with E-state index in [1.807, 2.05) is 48.2 Å². The molecule has 0 aliphatic heterocycles. The minimum Gasteiger partial charge on any atom is -0.339 e. The molecule has 1 aromatic heterocycles. The van der Waals surface area contributed by atoms with E-state index in [2.05, 4.69) is 0 Å². The Kier molecular flexibility index (Phi) is 4.87. The summed E-state index contributed by atoms with van der Waals surface area (Å²) in [6.07, 6.45) is 8.24. The van der Waals surface area contributed by atoms with Gasteiger partial charge in [-0.05, 0) is 63.6 Å². The second kappa shape index (κ2) is 7.17. The molecule has 0 N–H and O–H groups in total. The molecular weight excluding hydrogens is 338 g/mol. The first-order valence-electron chi connectivity index (χ1n) is 10.5. The third kappa shape index (κ3) is 3.44. The summed E-state index contributed by atoms with van der Waals surface area (Å²) in [5, 5.41) is 0. The molecule has 5 nitrogen and oxygen atoms in total. The first kappa shape index (κ1) is 18.3. The highest BCUT2D eigenvalue weighted by Gasteiger charge is 2.28. The summed E-state index contributed by atoms with van der Waals surface area (Å²) < 4.78 is 3.96. The Labute approximate surface area is 161 Å². The summed E-state index contributed by atoms with van der Waals surface area (Å²) in [6, 6.07) is 6.28. The van der Waals surface area contributed by atoms with Crippen molar-refractivity contribution in [3.63, 3.8) is 0 Å². The summed E-state index contributed by atoms with van der Waals surface area (Å²) >= 11 is 0.